The maximum atomic E-state index is 11.5. The number of carbonyl (C=O) groups excluding carboxylic acids is 3. The van der Waals surface area contributed by atoms with Crippen molar-refractivity contribution in [2.45, 2.75) is 0 Å². The van der Waals surface area contributed by atoms with Crippen LogP contribution in [0.3, 0.4) is 0 Å². The SMILES string of the molecule is COC(=O)CNC(=O)COCC(=O)Nc1ccc(Cl)cc1. The number of rotatable bonds is 7. The smallest absolute Gasteiger partial charge is 0.325 e. The molecule has 2 N–H and O–H groups in total. The molecule has 0 fully saturated rings. The van der Waals surface area contributed by atoms with Crippen LogP contribution in [0.1, 0.15) is 0 Å². The maximum absolute atomic E-state index is 11.5. The number of carbonyl (C=O) groups is 3. The summed E-state index contributed by atoms with van der Waals surface area (Å²) in [5, 5.41) is 5.41. The molecule has 0 saturated heterocycles. The van der Waals surface area contributed by atoms with E-state index in [9.17, 15) is 14.4 Å². The zero-order chi connectivity index (χ0) is 15.7. The van der Waals surface area contributed by atoms with Crippen LogP contribution in [-0.2, 0) is 23.9 Å². The largest absolute Gasteiger partial charge is 0.468 e. The van der Waals surface area contributed by atoms with Crippen LogP contribution >= 0.6 is 11.6 Å². The zero-order valence-corrected chi connectivity index (χ0v) is 12.1. The number of hydrogen-bond donors (Lipinski definition) is 2. The lowest BCUT2D eigenvalue weighted by atomic mass is 10.3. The van der Waals surface area contributed by atoms with Gasteiger partial charge in [0.1, 0.15) is 19.8 Å². The number of ether oxygens (including phenoxy) is 2. The Balaban J connectivity index is 2.20. The van der Waals surface area contributed by atoms with Crippen molar-refractivity contribution in [3.63, 3.8) is 0 Å². The van der Waals surface area contributed by atoms with E-state index in [1.807, 2.05) is 0 Å². The number of halogens is 1. The van der Waals surface area contributed by atoms with E-state index in [1.54, 1.807) is 24.3 Å². The van der Waals surface area contributed by atoms with Crippen LogP contribution in [0.15, 0.2) is 24.3 Å². The molecule has 2 amide bonds. The van der Waals surface area contributed by atoms with Crippen molar-refractivity contribution < 1.29 is 23.9 Å². The van der Waals surface area contributed by atoms with Gasteiger partial charge in [-0.05, 0) is 24.3 Å². The second-order valence-corrected chi connectivity index (χ2v) is 4.34. The van der Waals surface area contributed by atoms with Gasteiger partial charge < -0.3 is 20.1 Å². The summed E-state index contributed by atoms with van der Waals surface area (Å²) in [5.41, 5.74) is 0.572. The Morgan fingerprint density at radius 2 is 1.71 bits per heavy atom. The van der Waals surface area contributed by atoms with Crippen LogP contribution in [0.2, 0.25) is 5.02 Å². The van der Waals surface area contributed by atoms with E-state index in [1.165, 1.54) is 7.11 Å². The minimum absolute atomic E-state index is 0.240. The van der Waals surface area contributed by atoms with Crippen molar-refractivity contribution >= 4 is 35.1 Å². The molecule has 7 nitrogen and oxygen atoms in total. The van der Waals surface area contributed by atoms with Crippen molar-refractivity contribution in [2.75, 3.05) is 32.2 Å². The van der Waals surface area contributed by atoms with Crippen LogP contribution in [0, 0.1) is 0 Å². The van der Waals surface area contributed by atoms with Crippen molar-refractivity contribution in [3.8, 4) is 0 Å². The number of esters is 1. The zero-order valence-electron chi connectivity index (χ0n) is 11.3. The van der Waals surface area contributed by atoms with Crippen LogP contribution in [0.5, 0.6) is 0 Å². The van der Waals surface area contributed by atoms with E-state index in [4.69, 9.17) is 16.3 Å². The molecule has 0 unspecified atom stereocenters. The summed E-state index contributed by atoms with van der Waals surface area (Å²) in [5.74, 6) is -1.48. The first-order valence-corrected chi connectivity index (χ1v) is 6.35. The minimum Gasteiger partial charge on any atom is -0.468 e. The molecule has 0 aromatic heterocycles. The standard InChI is InChI=1S/C13H15ClN2O5/c1-20-13(19)6-15-11(17)7-21-8-12(18)16-10-4-2-9(14)3-5-10/h2-5H,6-8H2,1H3,(H,15,17)(H,16,18). The molecule has 21 heavy (non-hydrogen) atoms. The molecular weight excluding hydrogens is 300 g/mol. The predicted octanol–water partition coefficient (Wildman–Crippen LogP) is 0.584. The Bertz CT molecular complexity index is 504. The van der Waals surface area contributed by atoms with E-state index in [0.29, 0.717) is 10.7 Å². The van der Waals surface area contributed by atoms with Gasteiger partial charge >= 0.3 is 5.97 Å². The normalized spacial score (nSPS) is 9.81. The predicted molar refractivity (Wildman–Crippen MR) is 75.9 cm³/mol. The third-order valence-electron chi connectivity index (χ3n) is 2.25. The Morgan fingerprint density at radius 3 is 2.33 bits per heavy atom. The fraction of sp³-hybridized carbons (Fsp3) is 0.308. The Labute approximate surface area is 126 Å². The van der Waals surface area contributed by atoms with E-state index >= 15 is 0 Å². The number of anilines is 1. The summed E-state index contributed by atoms with van der Waals surface area (Å²) in [6.45, 7) is -0.852. The number of methoxy groups -OCH3 is 1. The Morgan fingerprint density at radius 1 is 1.10 bits per heavy atom. The number of benzene rings is 1. The van der Waals surface area contributed by atoms with Crippen LogP contribution < -0.4 is 10.6 Å². The molecule has 0 aliphatic heterocycles. The van der Waals surface area contributed by atoms with Gasteiger partial charge in [-0.1, -0.05) is 11.6 Å². The first kappa shape index (κ1) is 16.9. The van der Waals surface area contributed by atoms with Crippen molar-refractivity contribution in [1.82, 2.24) is 5.32 Å². The fourth-order valence-electron chi connectivity index (χ4n) is 1.26. The molecular formula is C13H15ClN2O5. The molecule has 114 valence electrons. The number of nitrogens with one attached hydrogen (secondary N) is 2. The minimum atomic E-state index is -0.566. The van der Waals surface area contributed by atoms with E-state index in [0.717, 1.165) is 0 Å². The van der Waals surface area contributed by atoms with Gasteiger partial charge in [0.05, 0.1) is 7.11 Å². The highest BCUT2D eigenvalue weighted by molar-refractivity contribution is 6.30. The van der Waals surface area contributed by atoms with Crippen molar-refractivity contribution in [3.05, 3.63) is 29.3 Å². The van der Waals surface area contributed by atoms with Crippen LogP contribution in [0.25, 0.3) is 0 Å². The van der Waals surface area contributed by atoms with Gasteiger partial charge in [-0.25, -0.2) is 0 Å². The highest BCUT2D eigenvalue weighted by atomic mass is 35.5. The van der Waals surface area contributed by atoms with Gasteiger partial charge in [-0.15, -0.1) is 0 Å². The van der Waals surface area contributed by atoms with Crippen molar-refractivity contribution in [1.29, 1.82) is 0 Å². The lowest BCUT2D eigenvalue weighted by Gasteiger charge is -2.07. The van der Waals surface area contributed by atoms with E-state index in [-0.39, 0.29) is 19.8 Å². The average molecular weight is 315 g/mol. The summed E-state index contributed by atoms with van der Waals surface area (Å²) >= 11 is 5.71. The molecule has 0 aliphatic rings. The second-order valence-electron chi connectivity index (χ2n) is 3.90. The third kappa shape index (κ3) is 7.28. The highest BCUT2D eigenvalue weighted by Gasteiger charge is 2.07. The molecule has 0 aliphatic carbocycles. The molecule has 0 saturated carbocycles. The molecule has 8 heteroatoms. The molecule has 1 aromatic rings. The first-order valence-electron chi connectivity index (χ1n) is 5.98. The molecule has 1 aromatic carbocycles. The summed E-state index contributed by atoms with van der Waals surface area (Å²) in [7, 11) is 1.21. The van der Waals surface area contributed by atoms with Crippen LogP contribution in [0.4, 0.5) is 5.69 Å². The Kier molecular flexibility index (Phi) is 7.20. The van der Waals surface area contributed by atoms with Gasteiger partial charge in [0, 0.05) is 10.7 Å². The highest BCUT2D eigenvalue weighted by Crippen LogP contribution is 2.13. The van der Waals surface area contributed by atoms with Crippen LogP contribution in [-0.4, -0.2) is 44.7 Å². The Hall–Kier alpha value is -2.12. The second kappa shape index (κ2) is 8.93. The van der Waals surface area contributed by atoms with E-state index < -0.39 is 17.8 Å². The molecule has 1 rings (SSSR count). The maximum Gasteiger partial charge on any atom is 0.325 e. The molecule has 0 heterocycles. The van der Waals surface area contributed by atoms with Gasteiger partial charge in [0.15, 0.2) is 0 Å². The third-order valence-corrected chi connectivity index (χ3v) is 2.50. The quantitative estimate of drug-likeness (QED) is 0.718. The monoisotopic (exact) mass is 314 g/mol. The lowest BCUT2D eigenvalue weighted by Crippen LogP contribution is -2.33. The molecule has 0 spiro atoms. The van der Waals surface area contributed by atoms with Gasteiger partial charge in [0.25, 0.3) is 0 Å². The first-order chi connectivity index (χ1) is 10.0. The molecule has 0 bridgehead atoms. The lowest BCUT2D eigenvalue weighted by molar-refractivity contribution is -0.142. The average Bonchev–Trinajstić information content (AvgIpc) is 2.47. The van der Waals surface area contributed by atoms with Gasteiger partial charge in [-0.2, -0.15) is 0 Å². The fourth-order valence-corrected chi connectivity index (χ4v) is 1.39. The van der Waals surface area contributed by atoms with Crippen molar-refractivity contribution in [2.24, 2.45) is 0 Å². The van der Waals surface area contributed by atoms with Gasteiger partial charge in [0.2, 0.25) is 11.8 Å². The number of amides is 2. The van der Waals surface area contributed by atoms with E-state index in [2.05, 4.69) is 15.4 Å². The summed E-state index contributed by atoms with van der Waals surface area (Å²) in [4.78, 5) is 33.5. The summed E-state index contributed by atoms with van der Waals surface area (Å²) in [6, 6.07) is 6.56. The van der Waals surface area contributed by atoms with Gasteiger partial charge in [-0.3, -0.25) is 14.4 Å². The molecule has 0 radical (unpaired) electrons. The topological polar surface area (TPSA) is 93.7 Å². The summed E-state index contributed by atoms with van der Waals surface area (Å²) in [6.07, 6.45) is 0. The summed E-state index contributed by atoms with van der Waals surface area (Å²) < 4.78 is 9.27. The molecule has 0 atom stereocenters. The number of hydrogen-bond acceptors (Lipinski definition) is 5.